The number of benzene rings is 2. The smallest absolute Gasteiger partial charge is 0.313 e. The summed E-state index contributed by atoms with van der Waals surface area (Å²) >= 11 is 0. The lowest BCUT2D eigenvalue weighted by atomic mass is 9.96. The number of likely N-dealkylation sites (tertiary alicyclic amines) is 1. The van der Waals surface area contributed by atoms with Gasteiger partial charge >= 0.3 is 11.8 Å². The van der Waals surface area contributed by atoms with Crippen LogP contribution in [0.15, 0.2) is 54.6 Å². The molecule has 1 heterocycles. The molecule has 2 aromatic rings. The number of piperidine rings is 1. The minimum absolute atomic E-state index is 0.434. The second kappa shape index (κ2) is 10.8. The van der Waals surface area contributed by atoms with E-state index in [4.69, 9.17) is 0 Å². The van der Waals surface area contributed by atoms with Crippen molar-refractivity contribution in [3.63, 3.8) is 0 Å². The van der Waals surface area contributed by atoms with Gasteiger partial charge in [-0.05, 0) is 68.0 Å². The van der Waals surface area contributed by atoms with Crippen LogP contribution in [0.2, 0.25) is 0 Å². The highest BCUT2D eigenvalue weighted by molar-refractivity contribution is 6.39. The van der Waals surface area contributed by atoms with Gasteiger partial charge in [-0.3, -0.25) is 9.59 Å². The predicted octanol–water partition coefficient (Wildman–Crippen LogP) is 3.26. The first-order chi connectivity index (χ1) is 14.1. The number of nitrogens with zero attached hydrogens (tertiary/aromatic N) is 1. The Morgan fingerprint density at radius 2 is 1.62 bits per heavy atom. The van der Waals surface area contributed by atoms with Crippen LogP contribution in [0.5, 0.6) is 0 Å². The summed E-state index contributed by atoms with van der Waals surface area (Å²) in [6.07, 6.45) is 4.12. The lowest BCUT2D eigenvalue weighted by Crippen LogP contribution is -2.42. The fourth-order valence-electron chi connectivity index (χ4n) is 3.68. The van der Waals surface area contributed by atoms with Crippen molar-refractivity contribution in [2.45, 2.75) is 32.6 Å². The summed E-state index contributed by atoms with van der Waals surface area (Å²) in [4.78, 5) is 26.7. The SMILES string of the molecule is CCc1ccc(NC(=O)C(=O)NCC2CCN(CCc3ccccc3)CC2)cc1. The summed E-state index contributed by atoms with van der Waals surface area (Å²) in [5, 5.41) is 5.46. The second-order valence-electron chi connectivity index (χ2n) is 7.74. The molecule has 0 saturated carbocycles. The maximum atomic E-state index is 12.1. The molecule has 1 fully saturated rings. The number of hydrogen-bond acceptors (Lipinski definition) is 3. The van der Waals surface area contributed by atoms with Gasteiger partial charge in [-0.1, -0.05) is 49.4 Å². The minimum atomic E-state index is -0.602. The molecule has 5 nitrogen and oxygen atoms in total. The molecule has 1 aliphatic rings. The van der Waals surface area contributed by atoms with Crippen molar-refractivity contribution < 1.29 is 9.59 Å². The molecule has 2 aromatic carbocycles. The molecule has 0 spiro atoms. The third-order valence-electron chi connectivity index (χ3n) is 5.64. The number of hydrogen-bond donors (Lipinski definition) is 2. The van der Waals surface area contributed by atoms with E-state index < -0.39 is 11.8 Å². The summed E-state index contributed by atoms with van der Waals surface area (Å²) in [6.45, 7) is 5.80. The van der Waals surface area contributed by atoms with Crippen molar-refractivity contribution in [2.24, 2.45) is 5.92 Å². The Balaban J connectivity index is 1.33. The molecule has 2 N–H and O–H groups in total. The maximum absolute atomic E-state index is 12.1. The Morgan fingerprint density at radius 1 is 0.931 bits per heavy atom. The average Bonchev–Trinajstić information content (AvgIpc) is 2.78. The molecule has 0 bridgehead atoms. The standard InChI is InChI=1S/C24H31N3O2/c1-2-19-8-10-22(11-9-19)26-24(29)23(28)25-18-21-13-16-27(17-14-21)15-12-20-6-4-3-5-7-20/h3-11,21H,2,12-18H2,1H3,(H,25,28)(H,26,29). The molecule has 0 aliphatic carbocycles. The van der Waals surface area contributed by atoms with Gasteiger partial charge in [0.1, 0.15) is 0 Å². The number of rotatable bonds is 7. The Bertz CT molecular complexity index is 782. The average molecular weight is 394 g/mol. The zero-order chi connectivity index (χ0) is 20.5. The fraction of sp³-hybridized carbons (Fsp3) is 0.417. The van der Waals surface area contributed by atoms with Crippen molar-refractivity contribution >= 4 is 17.5 Å². The van der Waals surface area contributed by atoms with E-state index in [0.717, 1.165) is 45.3 Å². The van der Waals surface area contributed by atoms with E-state index in [2.05, 4.69) is 46.7 Å². The molecule has 3 rings (SSSR count). The Morgan fingerprint density at radius 3 is 2.28 bits per heavy atom. The summed E-state index contributed by atoms with van der Waals surface area (Å²) in [5.74, 6) is -0.728. The van der Waals surface area contributed by atoms with Crippen molar-refractivity contribution in [3.8, 4) is 0 Å². The fourth-order valence-corrected chi connectivity index (χ4v) is 3.68. The van der Waals surface area contributed by atoms with Gasteiger partial charge in [-0.2, -0.15) is 0 Å². The van der Waals surface area contributed by atoms with E-state index >= 15 is 0 Å². The first-order valence-electron chi connectivity index (χ1n) is 10.6. The predicted molar refractivity (Wildman–Crippen MR) is 117 cm³/mol. The maximum Gasteiger partial charge on any atom is 0.313 e. The first-order valence-corrected chi connectivity index (χ1v) is 10.6. The highest BCUT2D eigenvalue weighted by atomic mass is 16.2. The topological polar surface area (TPSA) is 61.4 Å². The number of aryl methyl sites for hydroxylation is 1. The van der Waals surface area contributed by atoms with Gasteiger partial charge in [0.2, 0.25) is 0 Å². The molecular formula is C24H31N3O2. The molecule has 0 atom stereocenters. The minimum Gasteiger partial charge on any atom is -0.348 e. The van der Waals surface area contributed by atoms with Gasteiger partial charge in [0.25, 0.3) is 0 Å². The normalized spacial score (nSPS) is 15.1. The molecule has 1 saturated heterocycles. The Hall–Kier alpha value is -2.66. The van der Waals surface area contributed by atoms with Gasteiger partial charge in [-0.25, -0.2) is 0 Å². The van der Waals surface area contributed by atoms with Gasteiger partial charge in [-0.15, -0.1) is 0 Å². The van der Waals surface area contributed by atoms with E-state index in [1.807, 2.05) is 30.3 Å². The lowest BCUT2D eigenvalue weighted by molar-refractivity contribution is -0.136. The van der Waals surface area contributed by atoms with Crippen LogP contribution in [-0.4, -0.2) is 42.9 Å². The monoisotopic (exact) mass is 393 g/mol. The third kappa shape index (κ3) is 6.71. The number of carbonyl (C=O) groups excluding carboxylic acids is 2. The Labute approximate surface area is 173 Å². The van der Waals surface area contributed by atoms with E-state index in [1.165, 1.54) is 11.1 Å². The zero-order valence-electron chi connectivity index (χ0n) is 17.2. The first kappa shape index (κ1) is 21.1. The quantitative estimate of drug-likeness (QED) is 0.710. The molecule has 29 heavy (non-hydrogen) atoms. The van der Waals surface area contributed by atoms with Crippen molar-refractivity contribution in [3.05, 3.63) is 65.7 Å². The number of carbonyl (C=O) groups is 2. The molecule has 1 aliphatic heterocycles. The number of anilines is 1. The lowest BCUT2D eigenvalue weighted by Gasteiger charge is -2.32. The van der Waals surface area contributed by atoms with E-state index in [1.54, 1.807) is 0 Å². The van der Waals surface area contributed by atoms with Crippen LogP contribution >= 0.6 is 0 Å². The molecule has 5 heteroatoms. The van der Waals surface area contributed by atoms with Crippen LogP contribution < -0.4 is 10.6 Å². The molecule has 0 unspecified atom stereocenters. The van der Waals surface area contributed by atoms with E-state index in [-0.39, 0.29) is 0 Å². The van der Waals surface area contributed by atoms with Gasteiger partial charge in [0.05, 0.1) is 0 Å². The van der Waals surface area contributed by atoms with Gasteiger partial charge < -0.3 is 15.5 Å². The Kier molecular flexibility index (Phi) is 7.82. The summed E-state index contributed by atoms with van der Waals surface area (Å²) in [6, 6.07) is 18.1. The van der Waals surface area contributed by atoms with Crippen LogP contribution in [0, 0.1) is 5.92 Å². The van der Waals surface area contributed by atoms with Crippen LogP contribution in [-0.2, 0) is 22.4 Å². The van der Waals surface area contributed by atoms with Crippen LogP contribution in [0.25, 0.3) is 0 Å². The largest absolute Gasteiger partial charge is 0.348 e. The van der Waals surface area contributed by atoms with Crippen LogP contribution in [0.1, 0.15) is 30.9 Å². The second-order valence-corrected chi connectivity index (χ2v) is 7.74. The van der Waals surface area contributed by atoms with Crippen molar-refractivity contribution in [1.82, 2.24) is 10.2 Å². The van der Waals surface area contributed by atoms with E-state index in [0.29, 0.717) is 18.2 Å². The molecule has 2 amide bonds. The molecule has 0 aromatic heterocycles. The highest BCUT2D eigenvalue weighted by Gasteiger charge is 2.21. The number of amides is 2. The molecule has 154 valence electrons. The van der Waals surface area contributed by atoms with Crippen molar-refractivity contribution in [1.29, 1.82) is 0 Å². The zero-order valence-corrected chi connectivity index (χ0v) is 17.2. The summed E-state index contributed by atoms with van der Waals surface area (Å²) in [7, 11) is 0. The highest BCUT2D eigenvalue weighted by Crippen LogP contribution is 2.17. The molecular weight excluding hydrogens is 362 g/mol. The third-order valence-corrected chi connectivity index (χ3v) is 5.64. The number of nitrogens with one attached hydrogen (secondary N) is 2. The molecule has 0 radical (unpaired) electrons. The van der Waals surface area contributed by atoms with E-state index in [9.17, 15) is 9.59 Å². The summed E-state index contributed by atoms with van der Waals surface area (Å²) < 4.78 is 0. The van der Waals surface area contributed by atoms with Crippen molar-refractivity contribution in [2.75, 3.05) is 31.5 Å². The van der Waals surface area contributed by atoms with Gasteiger partial charge in [0, 0.05) is 18.8 Å². The van der Waals surface area contributed by atoms with Crippen LogP contribution in [0.3, 0.4) is 0 Å². The van der Waals surface area contributed by atoms with Gasteiger partial charge in [0.15, 0.2) is 0 Å². The summed E-state index contributed by atoms with van der Waals surface area (Å²) in [5.41, 5.74) is 3.22. The van der Waals surface area contributed by atoms with Crippen LogP contribution in [0.4, 0.5) is 5.69 Å².